The van der Waals surface area contributed by atoms with Crippen LogP contribution in [0, 0.1) is 5.95 Å². The summed E-state index contributed by atoms with van der Waals surface area (Å²) in [4.78, 5) is 21.0. The number of hydrogen-bond acceptors (Lipinski definition) is 3. The number of aliphatic carboxylic acids is 1. The van der Waals surface area contributed by atoms with E-state index in [0.29, 0.717) is 0 Å². The number of carbonyl (C=O) groups excluding carboxylic acids is 1. The molecule has 13 heavy (non-hydrogen) atoms. The van der Waals surface area contributed by atoms with E-state index in [1.807, 2.05) is 0 Å². The Morgan fingerprint density at radius 1 is 1.69 bits per heavy atom. The molecule has 0 aliphatic heterocycles. The van der Waals surface area contributed by atoms with E-state index in [9.17, 15) is 14.0 Å². The third-order valence-electron chi connectivity index (χ3n) is 1.51. The fourth-order valence-electron chi connectivity index (χ4n) is 0.858. The van der Waals surface area contributed by atoms with Crippen molar-refractivity contribution in [2.45, 2.75) is 13.5 Å². The van der Waals surface area contributed by atoms with Gasteiger partial charge in [0.1, 0.15) is 5.56 Å². The zero-order chi connectivity index (χ0) is 10.0. The lowest BCUT2D eigenvalue weighted by molar-refractivity contribution is -0.131. The van der Waals surface area contributed by atoms with Gasteiger partial charge in [0.2, 0.25) is 5.95 Å². The molecule has 5 nitrogen and oxygen atoms in total. The predicted molar refractivity (Wildman–Crippen MR) is 39.8 cm³/mol. The Balaban J connectivity index is 3.09. The van der Waals surface area contributed by atoms with Crippen LogP contribution in [0.4, 0.5) is 4.39 Å². The first-order valence-corrected chi connectivity index (χ1v) is 3.56. The van der Waals surface area contributed by atoms with Crippen molar-refractivity contribution < 1.29 is 19.1 Å². The number of carboxylic acid groups (broad SMARTS) is 1. The monoisotopic (exact) mass is 186 g/mol. The van der Waals surface area contributed by atoms with Crippen LogP contribution in [-0.2, 0) is 11.3 Å². The molecular formula is C7H7FN2O3. The number of Topliss-reactive ketones (excluding diaryl/α,β-unsaturated/α-hetero) is 1. The van der Waals surface area contributed by atoms with Crippen LogP contribution in [-0.4, -0.2) is 26.6 Å². The summed E-state index contributed by atoms with van der Waals surface area (Å²) in [5.41, 5.74) is -0.505. The topological polar surface area (TPSA) is 72.2 Å². The van der Waals surface area contributed by atoms with Gasteiger partial charge in [-0.1, -0.05) is 0 Å². The fraction of sp³-hybridized carbons (Fsp3) is 0.286. The van der Waals surface area contributed by atoms with Crippen LogP contribution >= 0.6 is 0 Å². The molecule has 0 aliphatic rings. The highest BCUT2D eigenvalue weighted by Crippen LogP contribution is 2.06. The van der Waals surface area contributed by atoms with Gasteiger partial charge in [0, 0.05) is 6.54 Å². The maximum absolute atomic E-state index is 13.1. The van der Waals surface area contributed by atoms with E-state index in [2.05, 4.69) is 5.10 Å². The summed E-state index contributed by atoms with van der Waals surface area (Å²) in [5.74, 6) is -3.87. The Bertz CT molecular complexity index is 359. The maximum atomic E-state index is 13.1. The molecule has 1 N–H and O–H groups in total. The summed E-state index contributed by atoms with van der Waals surface area (Å²) >= 11 is 0. The first kappa shape index (κ1) is 9.37. The average molecular weight is 186 g/mol. The third kappa shape index (κ3) is 1.56. The fourth-order valence-corrected chi connectivity index (χ4v) is 0.858. The van der Waals surface area contributed by atoms with E-state index >= 15 is 0 Å². The Kier molecular flexibility index (Phi) is 2.41. The van der Waals surface area contributed by atoms with Crippen LogP contribution in [0.3, 0.4) is 0 Å². The van der Waals surface area contributed by atoms with Crippen molar-refractivity contribution in [2.24, 2.45) is 0 Å². The van der Waals surface area contributed by atoms with Gasteiger partial charge >= 0.3 is 5.97 Å². The molecule has 0 aromatic carbocycles. The molecular weight excluding hydrogens is 179 g/mol. The molecule has 0 bridgehead atoms. The first-order valence-electron chi connectivity index (χ1n) is 3.56. The van der Waals surface area contributed by atoms with Gasteiger partial charge in [0.15, 0.2) is 0 Å². The molecule has 0 saturated heterocycles. The van der Waals surface area contributed by atoms with Gasteiger partial charge in [-0.2, -0.15) is 9.49 Å². The van der Waals surface area contributed by atoms with Crippen molar-refractivity contribution in [3.8, 4) is 0 Å². The zero-order valence-electron chi connectivity index (χ0n) is 6.82. The lowest BCUT2D eigenvalue weighted by Gasteiger charge is -1.94. The second-order valence-corrected chi connectivity index (χ2v) is 2.30. The summed E-state index contributed by atoms with van der Waals surface area (Å²) in [6, 6.07) is 0. The molecule has 0 atom stereocenters. The SMILES string of the molecule is CCn1ncc(C(=O)C(=O)O)c1F. The number of carbonyl (C=O) groups is 2. The Labute approximate surface area is 72.8 Å². The molecule has 6 heteroatoms. The molecule has 70 valence electrons. The van der Waals surface area contributed by atoms with Crippen LogP contribution in [0.2, 0.25) is 0 Å². The van der Waals surface area contributed by atoms with Crippen molar-refractivity contribution >= 4 is 11.8 Å². The number of carboxylic acids is 1. The summed E-state index contributed by atoms with van der Waals surface area (Å²) in [6.07, 6.45) is 0.912. The highest BCUT2D eigenvalue weighted by atomic mass is 19.1. The summed E-state index contributed by atoms with van der Waals surface area (Å²) in [7, 11) is 0. The Morgan fingerprint density at radius 3 is 2.69 bits per heavy atom. The number of aryl methyl sites for hydroxylation is 1. The molecule has 0 saturated carbocycles. The van der Waals surface area contributed by atoms with E-state index in [1.54, 1.807) is 6.92 Å². The minimum absolute atomic E-state index is 0.249. The number of nitrogens with zero attached hydrogens (tertiary/aromatic N) is 2. The quantitative estimate of drug-likeness (QED) is 0.544. The molecule has 0 amide bonds. The molecule has 0 unspecified atom stereocenters. The van der Waals surface area contributed by atoms with Crippen LogP contribution in [0.25, 0.3) is 0 Å². The molecule has 0 fully saturated rings. The summed E-state index contributed by atoms with van der Waals surface area (Å²) in [6.45, 7) is 1.88. The largest absolute Gasteiger partial charge is 0.475 e. The lowest BCUT2D eigenvalue weighted by atomic mass is 10.2. The van der Waals surface area contributed by atoms with Crippen molar-refractivity contribution in [3.05, 3.63) is 17.7 Å². The van der Waals surface area contributed by atoms with Gasteiger partial charge in [0.25, 0.3) is 5.78 Å². The molecule has 0 spiro atoms. The van der Waals surface area contributed by atoms with E-state index < -0.39 is 23.3 Å². The van der Waals surface area contributed by atoms with Crippen molar-refractivity contribution in [3.63, 3.8) is 0 Å². The standard InChI is InChI=1S/C7H7FN2O3/c1-2-10-6(8)4(3-9-10)5(11)7(12)13/h3H,2H2,1H3,(H,12,13). The van der Waals surface area contributed by atoms with E-state index in [4.69, 9.17) is 5.11 Å². The van der Waals surface area contributed by atoms with Gasteiger partial charge in [0.05, 0.1) is 6.20 Å². The van der Waals surface area contributed by atoms with E-state index in [0.717, 1.165) is 10.9 Å². The number of hydrogen-bond donors (Lipinski definition) is 1. The van der Waals surface area contributed by atoms with E-state index in [1.165, 1.54) is 0 Å². The van der Waals surface area contributed by atoms with Gasteiger partial charge in [-0.15, -0.1) is 0 Å². The van der Waals surface area contributed by atoms with Gasteiger partial charge in [-0.05, 0) is 6.92 Å². The number of aromatic nitrogens is 2. The van der Waals surface area contributed by atoms with Gasteiger partial charge in [-0.25, -0.2) is 9.48 Å². The maximum Gasteiger partial charge on any atom is 0.377 e. The molecule has 1 aromatic heterocycles. The third-order valence-corrected chi connectivity index (χ3v) is 1.51. The van der Waals surface area contributed by atoms with Crippen molar-refractivity contribution in [1.29, 1.82) is 0 Å². The molecule has 1 heterocycles. The average Bonchev–Trinajstić information content (AvgIpc) is 2.45. The second kappa shape index (κ2) is 3.34. The minimum Gasteiger partial charge on any atom is -0.475 e. The first-order chi connectivity index (χ1) is 6.07. The Hall–Kier alpha value is -1.72. The van der Waals surface area contributed by atoms with Crippen molar-refractivity contribution in [2.75, 3.05) is 0 Å². The van der Waals surface area contributed by atoms with Gasteiger partial charge in [-0.3, -0.25) is 4.79 Å². The highest BCUT2D eigenvalue weighted by molar-refractivity contribution is 6.39. The smallest absolute Gasteiger partial charge is 0.377 e. The van der Waals surface area contributed by atoms with E-state index in [-0.39, 0.29) is 6.54 Å². The van der Waals surface area contributed by atoms with Crippen LogP contribution in [0.15, 0.2) is 6.20 Å². The summed E-state index contributed by atoms with van der Waals surface area (Å²) < 4.78 is 14.0. The number of halogens is 1. The molecule has 0 aliphatic carbocycles. The van der Waals surface area contributed by atoms with Crippen LogP contribution in [0.5, 0.6) is 0 Å². The molecule has 0 radical (unpaired) electrons. The second-order valence-electron chi connectivity index (χ2n) is 2.30. The normalized spacial score (nSPS) is 10.0. The molecule has 1 aromatic rings. The molecule has 1 rings (SSSR count). The highest BCUT2D eigenvalue weighted by Gasteiger charge is 2.22. The zero-order valence-corrected chi connectivity index (χ0v) is 6.82. The van der Waals surface area contributed by atoms with Crippen molar-refractivity contribution in [1.82, 2.24) is 9.78 Å². The summed E-state index contributed by atoms with van der Waals surface area (Å²) in [5, 5.41) is 11.8. The van der Waals surface area contributed by atoms with Gasteiger partial charge < -0.3 is 5.11 Å². The van der Waals surface area contributed by atoms with Crippen LogP contribution in [0.1, 0.15) is 17.3 Å². The number of rotatable bonds is 3. The van der Waals surface area contributed by atoms with Crippen LogP contribution < -0.4 is 0 Å². The lowest BCUT2D eigenvalue weighted by Crippen LogP contribution is -2.14. The Morgan fingerprint density at radius 2 is 2.31 bits per heavy atom. The number of ketones is 1. The minimum atomic E-state index is -1.69. The predicted octanol–water partition coefficient (Wildman–Crippen LogP) is 0.309.